The highest BCUT2D eigenvalue weighted by Gasteiger charge is 2.08. The lowest BCUT2D eigenvalue weighted by molar-refractivity contribution is 0.234. The van der Waals surface area contributed by atoms with Gasteiger partial charge in [0.2, 0.25) is 0 Å². The first kappa shape index (κ1) is 13.3. The monoisotopic (exact) mass is 265 g/mol. The number of unbranched alkanes of at least 4 members (excludes halogenated alkanes) is 1. The number of para-hydroxylation sites is 1. The second-order valence-corrected chi connectivity index (χ2v) is 5.35. The van der Waals surface area contributed by atoms with E-state index >= 15 is 0 Å². The minimum Gasteiger partial charge on any atom is -0.491 e. The first-order valence-electron chi connectivity index (χ1n) is 6.47. The highest BCUT2D eigenvalue weighted by atomic mass is 32.1. The third-order valence-corrected chi connectivity index (χ3v) is 3.81. The van der Waals surface area contributed by atoms with Crippen molar-refractivity contribution < 1.29 is 9.84 Å². The Balaban J connectivity index is 2.16. The van der Waals surface area contributed by atoms with Crippen LogP contribution in [0.15, 0.2) is 18.2 Å². The van der Waals surface area contributed by atoms with Crippen molar-refractivity contribution in [3.05, 3.63) is 23.2 Å². The lowest BCUT2D eigenvalue weighted by Crippen LogP contribution is -2.00. The number of rotatable bonds is 7. The van der Waals surface area contributed by atoms with Gasteiger partial charge >= 0.3 is 0 Å². The summed E-state index contributed by atoms with van der Waals surface area (Å²) in [6.07, 6.45) is 4.07. The molecule has 18 heavy (non-hydrogen) atoms. The molecule has 0 saturated carbocycles. The van der Waals surface area contributed by atoms with E-state index in [1.807, 2.05) is 12.1 Å². The largest absolute Gasteiger partial charge is 0.491 e. The van der Waals surface area contributed by atoms with Crippen LogP contribution in [0.1, 0.15) is 31.2 Å². The number of aliphatic hydroxyl groups excluding tert-OH is 1. The van der Waals surface area contributed by atoms with E-state index in [1.54, 1.807) is 11.3 Å². The fraction of sp³-hybridized carbons (Fsp3) is 0.500. The normalized spacial score (nSPS) is 11.0. The van der Waals surface area contributed by atoms with E-state index in [2.05, 4.69) is 18.0 Å². The molecule has 2 rings (SSSR count). The van der Waals surface area contributed by atoms with Gasteiger partial charge in [0.15, 0.2) is 0 Å². The first-order valence-corrected chi connectivity index (χ1v) is 7.29. The quantitative estimate of drug-likeness (QED) is 0.780. The highest BCUT2D eigenvalue weighted by molar-refractivity contribution is 7.18. The lowest BCUT2D eigenvalue weighted by Gasteiger charge is -2.04. The summed E-state index contributed by atoms with van der Waals surface area (Å²) in [4.78, 5) is 4.66. The summed E-state index contributed by atoms with van der Waals surface area (Å²) >= 11 is 1.75. The van der Waals surface area contributed by atoms with E-state index in [-0.39, 0.29) is 6.61 Å². The number of hydrogen-bond donors (Lipinski definition) is 1. The van der Waals surface area contributed by atoms with E-state index in [9.17, 15) is 0 Å². The Morgan fingerprint density at radius 2 is 2.22 bits per heavy atom. The molecule has 2 aromatic rings. The molecule has 0 saturated heterocycles. The molecule has 0 fully saturated rings. The maximum atomic E-state index is 8.77. The summed E-state index contributed by atoms with van der Waals surface area (Å²) in [6, 6.07) is 6.03. The number of aliphatic hydroxyl groups is 1. The van der Waals surface area contributed by atoms with E-state index in [1.165, 1.54) is 22.5 Å². The van der Waals surface area contributed by atoms with Gasteiger partial charge in [-0.2, -0.15) is 0 Å². The second-order valence-electron chi connectivity index (χ2n) is 4.24. The van der Waals surface area contributed by atoms with Gasteiger partial charge in [-0.3, -0.25) is 0 Å². The zero-order valence-electron chi connectivity index (χ0n) is 10.7. The van der Waals surface area contributed by atoms with Crippen LogP contribution in [0.25, 0.3) is 10.2 Å². The van der Waals surface area contributed by atoms with E-state index in [0.717, 1.165) is 17.7 Å². The SMILES string of the molecule is CCCCc1nc2c(OCCCO)cccc2s1. The maximum absolute atomic E-state index is 8.77. The molecule has 98 valence electrons. The van der Waals surface area contributed by atoms with Gasteiger partial charge in [0.25, 0.3) is 0 Å². The van der Waals surface area contributed by atoms with Gasteiger partial charge in [-0.1, -0.05) is 19.4 Å². The highest BCUT2D eigenvalue weighted by Crippen LogP contribution is 2.30. The number of fused-ring (bicyclic) bond motifs is 1. The first-order chi connectivity index (χ1) is 8.85. The summed E-state index contributed by atoms with van der Waals surface area (Å²) in [5, 5.41) is 9.95. The predicted octanol–water partition coefficient (Wildman–Crippen LogP) is 3.40. The van der Waals surface area contributed by atoms with Crippen LogP contribution in [0.4, 0.5) is 0 Å². The number of aromatic nitrogens is 1. The van der Waals surface area contributed by atoms with Crippen LogP contribution in [0, 0.1) is 0 Å². The zero-order chi connectivity index (χ0) is 12.8. The van der Waals surface area contributed by atoms with Crippen LogP contribution in [0.2, 0.25) is 0 Å². The van der Waals surface area contributed by atoms with Crippen molar-refractivity contribution in [2.45, 2.75) is 32.6 Å². The van der Waals surface area contributed by atoms with Crippen LogP contribution in [-0.4, -0.2) is 23.3 Å². The summed E-state index contributed by atoms with van der Waals surface area (Å²) in [5.41, 5.74) is 0.964. The van der Waals surface area contributed by atoms with E-state index < -0.39 is 0 Å². The molecule has 0 aliphatic heterocycles. The standard InChI is InChI=1S/C14H19NO2S/c1-2-3-8-13-15-14-11(17-10-5-9-16)6-4-7-12(14)18-13/h4,6-7,16H,2-3,5,8-10H2,1H3. The molecule has 0 spiro atoms. The summed E-state index contributed by atoms with van der Waals surface area (Å²) in [6.45, 7) is 2.89. The molecule has 1 aromatic heterocycles. The van der Waals surface area contributed by atoms with Crippen molar-refractivity contribution in [3.63, 3.8) is 0 Å². The summed E-state index contributed by atoms with van der Waals surface area (Å²) < 4.78 is 6.84. The predicted molar refractivity (Wildman–Crippen MR) is 75.4 cm³/mol. The molecule has 0 aliphatic carbocycles. The van der Waals surface area contributed by atoms with Crippen LogP contribution >= 0.6 is 11.3 Å². The van der Waals surface area contributed by atoms with Crippen molar-refractivity contribution in [2.75, 3.05) is 13.2 Å². The average Bonchev–Trinajstić information content (AvgIpc) is 2.80. The van der Waals surface area contributed by atoms with Gasteiger partial charge in [0.1, 0.15) is 11.3 Å². The molecule has 4 heteroatoms. The van der Waals surface area contributed by atoms with Crippen LogP contribution in [-0.2, 0) is 6.42 Å². The smallest absolute Gasteiger partial charge is 0.146 e. The molecule has 1 aromatic carbocycles. The Bertz CT molecular complexity index is 495. The number of nitrogens with zero attached hydrogens (tertiary/aromatic N) is 1. The van der Waals surface area contributed by atoms with E-state index in [4.69, 9.17) is 9.84 Å². The van der Waals surface area contributed by atoms with E-state index in [0.29, 0.717) is 13.0 Å². The zero-order valence-corrected chi connectivity index (χ0v) is 11.5. The van der Waals surface area contributed by atoms with Gasteiger partial charge in [-0.15, -0.1) is 11.3 Å². The maximum Gasteiger partial charge on any atom is 0.146 e. The van der Waals surface area contributed by atoms with Gasteiger partial charge in [0.05, 0.1) is 16.3 Å². The Morgan fingerprint density at radius 1 is 1.33 bits per heavy atom. The minimum atomic E-state index is 0.161. The number of ether oxygens (including phenoxy) is 1. The molecule has 1 heterocycles. The topological polar surface area (TPSA) is 42.4 Å². The number of thiazole rings is 1. The Morgan fingerprint density at radius 3 is 3.00 bits per heavy atom. The van der Waals surface area contributed by atoms with Crippen LogP contribution < -0.4 is 4.74 Å². The van der Waals surface area contributed by atoms with Crippen molar-refractivity contribution >= 4 is 21.6 Å². The molecular weight excluding hydrogens is 246 g/mol. The lowest BCUT2D eigenvalue weighted by atomic mass is 10.2. The third kappa shape index (κ3) is 3.21. The van der Waals surface area contributed by atoms with Gasteiger partial charge in [0, 0.05) is 13.0 Å². The fourth-order valence-corrected chi connectivity index (χ4v) is 2.79. The molecule has 0 unspecified atom stereocenters. The summed E-state index contributed by atoms with van der Waals surface area (Å²) in [5.74, 6) is 0.833. The summed E-state index contributed by atoms with van der Waals surface area (Å²) in [7, 11) is 0. The molecule has 3 nitrogen and oxygen atoms in total. The number of benzene rings is 1. The van der Waals surface area contributed by atoms with Gasteiger partial charge < -0.3 is 9.84 Å². The molecule has 0 atom stereocenters. The molecule has 0 radical (unpaired) electrons. The van der Waals surface area contributed by atoms with Crippen molar-refractivity contribution in [1.29, 1.82) is 0 Å². The number of aryl methyl sites for hydroxylation is 1. The molecule has 0 bridgehead atoms. The Hall–Kier alpha value is -1.13. The fourth-order valence-electron chi connectivity index (χ4n) is 1.77. The Labute approximate surface area is 111 Å². The van der Waals surface area contributed by atoms with Gasteiger partial charge in [-0.25, -0.2) is 4.98 Å². The van der Waals surface area contributed by atoms with Gasteiger partial charge in [-0.05, 0) is 25.0 Å². The second kappa shape index (κ2) is 6.71. The average molecular weight is 265 g/mol. The minimum absolute atomic E-state index is 0.161. The van der Waals surface area contributed by atoms with Crippen molar-refractivity contribution in [3.8, 4) is 5.75 Å². The third-order valence-electron chi connectivity index (χ3n) is 2.73. The molecular formula is C14H19NO2S. The Kier molecular flexibility index (Phi) is 4.96. The molecule has 1 N–H and O–H groups in total. The van der Waals surface area contributed by atoms with Crippen LogP contribution in [0.5, 0.6) is 5.75 Å². The van der Waals surface area contributed by atoms with Crippen molar-refractivity contribution in [1.82, 2.24) is 4.98 Å². The molecule has 0 aliphatic rings. The molecule has 0 amide bonds. The van der Waals surface area contributed by atoms with Crippen molar-refractivity contribution in [2.24, 2.45) is 0 Å². The van der Waals surface area contributed by atoms with Crippen LogP contribution in [0.3, 0.4) is 0 Å². The number of hydrogen-bond acceptors (Lipinski definition) is 4.